The second kappa shape index (κ2) is 7.89. The van der Waals surface area contributed by atoms with Gasteiger partial charge in [0.15, 0.2) is 11.0 Å². The van der Waals surface area contributed by atoms with E-state index in [-0.39, 0.29) is 10.9 Å². The highest BCUT2D eigenvalue weighted by Crippen LogP contribution is 2.41. The van der Waals surface area contributed by atoms with Crippen molar-refractivity contribution in [1.29, 1.82) is 0 Å². The van der Waals surface area contributed by atoms with Crippen LogP contribution in [0.25, 0.3) is 11.4 Å². The number of aromatic nitrogens is 4. The Morgan fingerprint density at radius 1 is 1.36 bits per heavy atom. The first kappa shape index (κ1) is 18.9. The summed E-state index contributed by atoms with van der Waals surface area (Å²) in [7, 11) is 0. The van der Waals surface area contributed by atoms with Gasteiger partial charge in [0.05, 0.1) is 10.3 Å². The average Bonchev–Trinajstić information content (AvgIpc) is 3.45. The Bertz CT molecular complexity index is 1010. The topological polar surface area (TPSA) is 72.7 Å². The number of rotatable bonds is 6. The van der Waals surface area contributed by atoms with Crippen LogP contribution in [0, 0.1) is 5.82 Å². The van der Waals surface area contributed by atoms with E-state index in [4.69, 9.17) is 11.6 Å². The van der Waals surface area contributed by atoms with Crippen molar-refractivity contribution in [2.24, 2.45) is 0 Å². The van der Waals surface area contributed by atoms with Gasteiger partial charge in [-0.1, -0.05) is 23.4 Å². The normalized spacial score (nSPS) is 14.7. The molecular formula is C19H17ClFN5OS. The van der Waals surface area contributed by atoms with Crippen molar-refractivity contribution in [3.05, 3.63) is 53.6 Å². The van der Waals surface area contributed by atoms with Crippen molar-refractivity contribution < 1.29 is 9.18 Å². The van der Waals surface area contributed by atoms with Gasteiger partial charge in [-0.15, -0.1) is 10.2 Å². The van der Waals surface area contributed by atoms with Crippen LogP contribution in [0.5, 0.6) is 0 Å². The molecule has 0 bridgehead atoms. The number of thioether (sulfide) groups is 1. The molecule has 0 saturated heterocycles. The molecule has 1 fully saturated rings. The lowest BCUT2D eigenvalue weighted by Crippen LogP contribution is -2.23. The minimum atomic E-state index is -0.525. The van der Waals surface area contributed by atoms with E-state index < -0.39 is 11.1 Å². The van der Waals surface area contributed by atoms with E-state index in [1.165, 1.54) is 30.0 Å². The van der Waals surface area contributed by atoms with Crippen LogP contribution >= 0.6 is 23.4 Å². The Kier molecular flexibility index (Phi) is 5.32. The number of carbonyl (C=O) groups excluding carboxylic acids is 1. The molecule has 1 atom stereocenters. The van der Waals surface area contributed by atoms with Gasteiger partial charge < -0.3 is 5.32 Å². The van der Waals surface area contributed by atoms with Crippen LogP contribution in [-0.4, -0.2) is 30.9 Å². The lowest BCUT2D eigenvalue weighted by Gasteiger charge is -2.13. The maximum atomic E-state index is 13.3. The van der Waals surface area contributed by atoms with Gasteiger partial charge in [-0.25, -0.2) is 4.39 Å². The van der Waals surface area contributed by atoms with Crippen LogP contribution in [0.2, 0.25) is 5.02 Å². The van der Waals surface area contributed by atoms with Crippen molar-refractivity contribution >= 4 is 35.0 Å². The van der Waals surface area contributed by atoms with E-state index in [1.807, 2.05) is 12.1 Å². The minimum absolute atomic E-state index is 0.0345. The molecule has 1 amide bonds. The fourth-order valence-electron chi connectivity index (χ4n) is 2.74. The molecule has 2 heterocycles. The van der Waals surface area contributed by atoms with Crippen LogP contribution in [-0.2, 0) is 4.79 Å². The smallest absolute Gasteiger partial charge is 0.237 e. The van der Waals surface area contributed by atoms with Crippen LogP contribution in [0.1, 0.15) is 25.8 Å². The molecule has 144 valence electrons. The molecule has 0 radical (unpaired) electrons. The second-order valence-corrected chi connectivity index (χ2v) is 8.24. The highest BCUT2D eigenvalue weighted by molar-refractivity contribution is 8.00. The van der Waals surface area contributed by atoms with Gasteiger partial charge in [-0.2, -0.15) is 0 Å². The SMILES string of the molecule is CC(Sc1nnc(-c2cccnc2)n1C1CC1)C(=O)Nc1ccc(F)c(Cl)c1. The first-order valence-electron chi connectivity index (χ1n) is 8.81. The molecule has 1 saturated carbocycles. The Morgan fingerprint density at radius 2 is 2.18 bits per heavy atom. The largest absolute Gasteiger partial charge is 0.325 e. The van der Waals surface area contributed by atoms with E-state index in [0.717, 1.165) is 24.2 Å². The van der Waals surface area contributed by atoms with Crippen molar-refractivity contribution in [2.75, 3.05) is 5.32 Å². The van der Waals surface area contributed by atoms with Gasteiger partial charge >= 0.3 is 0 Å². The molecule has 1 N–H and O–H groups in total. The zero-order chi connectivity index (χ0) is 19.7. The summed E-state index contributed by atoms with van der Waals surface area (Å²) in [5.74, 6) is 0.0135. The summed E-state index contributed by atoms with van der Waals surface area (Å²) in [6, 6.07) is 8.23. The summed E-state index contributed by atoms with van der Waals surface area (Å²) in [6.45, 7) is 1.79. The van der Waals surface area contributed by atoms with E-state index in [0.29, 0.717) is 16.9 Å². The molecule has 1 aliphatic carbocycles. The van der Waals surface area contributed by atoms with Gasteiger partial charge in [-0.05, 0) is 50.1 Å². The third-order valence-corrected chi connectivity index (χ3v) is 5.68. The van der Waals surface area contributed by atoms with Crippen molar-refractivity contribution in [1.82, 2.24) is 19.7 Å². The Labute approximate surface area is 170 Å². The van der Waals surface area contributed by atoms with Crippen molar-refractivity contribution in [3.8, 4) is 11.4 Å². The van der Waals surface area contributed by atoms with Gasteiger partial charge in [0.25, 0.3) is 0 Å². The number of halogens is 2. The van der Waals surface area contributed by atoms with Crippen molar-refractivity contribution in [3.63, 3.8) is 0 Å². The Hall–Kier alpha value is -2.45. The van der Waals surface area contributed by atoms with Crippen LogP contribution in [0.4, 0.5) is 10.1 Å². The summed E-state index contributed by atoms with van der Waals surface area (Å²) < 4.78 is 15.4. The molecule has 4 rings (SSSR count). The molecule has 1 aromatic carbocycles. The van der Waals surface area contributed by atoms with E-state index in [2.05, 4.69) is 25.1 Å². The maximum Gasteiger partial charge on any atom is 0.237 e. The number of benzene rings is 1. The monoisotopic (exact) mass is 417 g/mol. The van der Waals surface area contributed by atoms with Crippen LogP contribution in [0.3, 0.4) is 0 Å². The van der Waals surface area contributed by atoms with Gasteiger partial charge in [0, 0.05) is 29.7 Å². The highest BCUT2D eigenvalue weighted by atomic mass is 35.5. The number of nitrogens with zero attached hydrogens (tertiary/aromatic N) is 4. The number of pyridine rings is 1. The van der Waals surface area contributed by atoms with E-state index in [1.54, 1.807) is 19.3 Å². The second-order valence-electron chi connectivity index (χ2n) is 6.53. The maximum absolute atomic E-state index is 13.3. The summed E-state index contributed by atoms with van der Waals surface area (Å²) >= 11 is 7.11. The third kappa shape index (κ3) is 4.02. The zero-order valence-electron chi connectivity index (χ0n) is 15.0. The van der Waals surface area contributed by atoms with E-state index >= 15 is 0 Å². The number of nitrogens with one attached hydrogen (secondary N) is 1. The summed E-state index contributed by atoms with van der Waals surface area (Å²) in [5, 5.41) is 11.6. The van der Waals surface area contributed by atoms with Gasteiger partial charge in [-0.3, -0.25) is 14.3 Å². The standard InChI is InChI=1S/C19H17ClFN5OS/c1-11(18(27)23-13-4-7-16(21)15(20)9-13)28-19-25-24-17(26(19)14-5-6-14)12-3-2-8-22-10-12/h2-4,7-11,14H,5-6H2,1H3,(H,23,27). The molecule has 1 aliphatic rings. The fraction of sp³-hybridized carbons (Fsp3) is 0.263. The van der Waals surface area contributed by atoms with Crippen LogP contribution in [0.15, 0.2) is 47.9 Å². The van der Waals surface area contributed by atoms with Crippen molar-refractivity contribution in [2.45, 2.75) is 36.2 Å². The van der Waals surface area contributed by atoms with Gasteiger partial charge in [0.2, 0.25) is 5.91 Å². The Balaban J connectivity index is 1.51. The lowest BCUT2D eigenvalue weighted by molar-refractivity contribution is -0.115. The zero-order valence-corrected chi connectivity index (χ0v) is 16.5. The number of hydrogen-bond donors (Lipinski definition) is 1. The molecule has 2 aromatic heterocycles. The minimum Gasteiger partial charge on any atom is -0.325 e. The molecule has 0 spiro atoms. The molecule has 6 nitrogen and oxygen atoms in total. The van der Waals surface area contributed by atoms with Crippen LogP contribution < -0.4 is 5.32 Å². The predicted molar refractivity (Wildman–Crippen MR) is 107 cm³/mol. The molecular weight excluding hydrogens is 401 g/mol. The lowest BCUT2D eigenvalue weighted by atomic mass is 10.3. The fourth-order valence-corrected chi connectivity index (χ4v) is 3.84. The first-order chi connectivity index (χ1) is 13.5. The number of carbonyl (C=O) groups is 1. The molecule has 28 heavy (non-hydrogen) atoms. The summed E-state index contributed by atoms with van der Waals surface area (Å²) in [6.07, 6.45) is 5.60. The average molecular weight is 418 g/mol. The number of amides is 1. The molecule has 1 unspecified atom stereocenters. The quantitative estimate of drug-likeness (QED) is 0.594. The summed E-state index contributed by atoms with van der Waals surface area (Å²) in [5.41, 5.74) is 1.34. The first-order valence-corrected chi connectivity index (χ1v) is 10.1. The summed E-state index contributed by atoms with van der Waals surface area (Å²) in [4.78, 5) is 16.7. The van der Waals surface area contributed by atoms with E-state index in [9.17, 15) is 9.18 Å². The Morgan fingerprint density at radius 3 is 2.86 bits per heavy atom. The predicted octanol–water partition coefficient (Wildman–Crippen LogP) is 4.59. The molecule has 3 aromatic rings. The highest BCUT2D eigenvalue weighted by Gasteiger charge is 2.31. The number of anilines is 1. The number of hydrogen-bond acceptors (Lipinski definition) is 5. The molecule has 0 aliphatic heterocycles. The molecule has 9 heteroatoms. The van der Waals surface area contributed by atoms with Gasteiger partial charge in [0.1, 0.15) is 5.82 Å². The third-order valence-electron chi connectivity index (χ3n) is 4.33.